The van der Waals surface area contributed by atoms with Gasteiger partial charge in [-0.2, -0.15) is 8.78 Å². The Kier molecular flexibility index (Phi) is 4.15. The number of rotatable bonds is 4. The number of esters is 1. The molecule has 104 valence electrons. The van der Waals surface area contributed by atoms with Gasteiger partial charge in [-0.15, -0.1) is 0 Å². The van der Waals surface area contributed by atoms with Crippen molar-refractivity contribution in [1.29, 1.82) is 0 Å². The molecule has 1 saturated heterocycles. The summed E-state index contributed by atoms with van der Waals surface area (Å²) >= 11 is 3.26. The number of hydrogen-bond donors (Lipinski definition) is 1. The summed E-state index contributed by atoms with van der Waals surface area (Å²) < 4.78 is 44.1. The normalized spacial score (nSPS) is 21.5. The van der Waals surface area contributed by atoms with Crippen LogP contribution in [0.1, 0.15) is 12.0 Å². The molecular formula is C12H11BrF3NO2. The monoisotopic (exact) mass is 337 g/mol. The van der Waals surface area contributed by atoms with Gasteiger partial charge in [0, 0.05) is 17.6 Å². The molecule has 0 bridgehead atoms. The molecule has 0 spiro atoms. The van der Waals surface area contributed by atoms with Crippen molar-refractivity contribution in [2.45, 2.75) is 25.0 Å². The first-order valence-electron chi connectivity index (χ1n) is 5.62. The second-order valence-electron chi connectivity index (χ2n) is 4.30. The highest BCUT2D eigenvalue weighted by Gasteiger charge is 2.50. The maximum Gasteiger partial charge on any atom is 0.377 e. The molecule has 1 aliphatic heterocycles. The molecule has 19 heavy (non-hydrogen) atoms. The SMILES string of the molecule is O=C1OC(CNCc2cc(F)ccc2Br)CC1(F)F. The van der Waals surface area contributed by atoms with Crippen molar-refractivity contribution in [1.82, 2.24) is 5.32 Å². The van der Waals surface area contributed by atoms with Crippen molar-refractivity contribution in [2.24, 2.45) is 0 Å². The Morgan fingerprint density at radius 3 is 2.84 bits per heavy atom. The highest BCUT2D eigenvalue weighted by atomic mass is 79.9. The van der Waals surface area contributed by atoms with Gasteiger partial charge in [-0.1, -0.05) is 15.9 Å². The fraction of sp³-hybridized carbons (Fsp3) is 0.417. The topological polar surface area (TPSA) is 38.3 Å². The number of carbonyl (C=O) groups excluding carboxylic acids is 1. The van der Waals surface area contributed by atoms with Gasteiger partial charge in [0.15, 0.2) is 0 Å². The second-order valence-corrected chi connectivity index (χ2v) is 5.16. The molecular weight excluding hydrogens is 327 g/mol. The number of carbonyl (C=O) groups is 1. The number of benzene rings is 1. The maximum atomic E-state index is 13.0. The van der Waals surface area contributed by atoms with Crippen LogP contribution in [0.3, 0.4) is 0 Å². The first-order chi connectivity index (χ1) is 8.88. The number of halogens is 4. The summed E-state index contributed by atoms with van der Waals surface area (Å²) in [5.41, 5.74) is 0.663. The molecule has 0 aliphatic carbocycles. The third kappa shape index (κ3) is 3.48. The molecule has 0 saturated carbocycles. The molecule has 1 fully saturated rings. The summed E-state index contributed by atoms with van der Waals surface area (Å²) in [4.78, 5) is 10.8. The quantitative estimate of drug-likeness (QED) is 0.858. The summed E-state index contributed by atoms with van der Waals surface area (Å²) in [5.74, 6) is -5.25. The van der Waals surface area contributed by atoms with Crippen LogP contribution in [-0.4, -0.2) is 24.5 Å². The third-order valence-electron chi connectivity index (χ3n) is 2.75. The van der Waals surface area contributed by atoms with E-state index in [2.05, 4.69) is 26.0 Å². The van der Waals surface area contributed by atoms with E-state index < -0.39 is 24.4 Å². The maximum absolute atomic E-state index is 13.0. The van der Waals surface area contributed by atoms with E-state index in [-0.39, 0.29) is 18.9 Å². The van der Waals surface area contributed by atoms with Gasteiger partial charge in [-0.25, -0.2) is 9.18 Å². The molecule has 1 aromatic rings. The lowest BCUT2D eigenvalue weighted by molar-refractivity contribution is -0.159. The summed E-state index contributed by atoms with van der Waals surface area (Å²) in [6.45, 7) is 0.391. The zero-order valence-electron chi connectivity index (χ0n) is 9.76. The smallest absolute Gasteiger partial charge is 0.377 e. The first-order valence-corrected chi connectivity index (χ1v) is 6.41. The molecule has 1 aromatic carbocycles. The van der Waals surface area contributed by atoms with E-state index in [9.17, 15) is 18.0 Å². The average Bonchev–Trinajstić information content (AvgIpc) is 2.57. The fourth-order valence-electron chi connectivity index (χ4n) is 1.81. The Morgan fingerprint density at radius 2 is 2.21 bits per heavy atom. The number of alkyl halides is 2. The molecule has 1 N–H and O–H groups in total. The molecule has 1 aliphatic rings. The predicted molar refractivity (Wildman–Crippen MR) is 65.3 cm³/mol. The standard InChI is InChI=1S/C12H11BrF3NO2/c13-10-2-1-8(14)3-7(10)5-17-6-9-4-12(15,16)11(18)19-9/h1-3,9,17H,4-6H2. The number of hydrogen-bond acceptors (Lipinski definition) is 3. The first kappa shape index (κ1) is 14.3. The lowest BCUT2D eigenvalue weighted by Gasteiger charge is -2.11. The van der Waals surface area contributed by atoms with E-state index in [1.54, 1.807) is 6.07 Å². The number of ether oxygens (including phenoxy) is 1. The van der Waals surface area contributed by atoms with Gasteiger partial charge in [0.05, 0.1) is 6.42 Å². The highest BCUT2D eigenvalue weighted by molar-refractivity contribution is 9.10. The molecule has 0 amide bonds. The van der Waals surface area contributed by atoms with Crippen molar-refractivity contribution < 1.29 is 22.7 Å². The zero-order valence-corrected chi connectivity index (χ0v) is 11.3. The Bertz CT molecular complexity index is 496. The highest BCUT2D eigenvalue weighted by Crippen LogP contribution is 2.30. The van der Waals surface area contributed by atoms with Crippen LogP contribution < -0.4 is 5.32 Å². The van der Waals surface area contributed by atoms with Crippen molar-refractivity contribution in [3.05, 3.63) is 34.1 Å². The van der Waals surface area contributed by atoms with Gasteiger partial charge in [-0.05, 0) is 23.8 Å². The van der Waals surface area contributed by atoms with Gasteiger partial charge in [0.2, 0.25) is 0 Å². The lowest BCUT2D eigenvalue weighted by atomic mass is 10.2. The van der Waals surface area contributed by atoms with E-state index in [1.807, 2.05) is 0 Å². The van der Waals surface area contributed by atoms with Crippen LogP contribution in [0.4, 0.5) is 13.2 Å². The molecule has 1 atom stereocenters. The van der Waals surface area contributed by atoms with E-state index >= 15 is 0 Å². The number of cyclic esters (lactones) is 1. The van der Waals surface area contributed by atoms with Gasteiger partial charge in [0.1, 0.15) is 11.9 Å². The Labute approximate surface area is 116 Å². The molecule has 0 aromatic heterocycles. The van der Waals surface area contributed by atoms with Crippen molar-refractivity contribution in [2.75, 3.05) is 6.54 Å². The summed E-state index contributed by atoms with van der Waals surface area (Å²) in [7, 11) is 0. The van der Waals surface area contributed by atoms with Crippen LogP contribution >= 0.6 is 15.9 Å². The average molecular weight is 338 g/mol. The molecule has 1 unspecified atom stereocenters. The molecule has 7 heteroatoms. The third-order valence-corrected chi connectivity index (χ3v) is 3.53. The van der Waals surface area contributed by atoms with E-state index in [1.165, 1.54) is 12.1 Å². The van der Waals surface area contributed by atoms with E-state index in [0.717, 1.165) is 4.47 Å². The second kappa shape index (κ2) is 5.50. The number of nitrogens with one attached hydrogen (secondary N) is 1. The van der Waals surface area contributed by atoms with Crippen molar-refractivity contribution >= 4 is 21.9 Å². The minimum absolute atomic E-state index is 0.101. The predicted octanol–water partition coefficient (Wildman–Crippen LogP) is 2.63. The molecule has 2 rings (SSSR count). The summed E-state index contributed by atoms with van der Waals surface area (Å²) in [6.07, 6.45) is -1.47. The van der Waals surface area contributed by atoms with Crippen LogP contribution in [0.2, 0.25) is 0 Å². The van der Waals surface area contributed by atoms with Crippen LogP contribution in [0.15, 0.2) is 22.7 Å². The van der Waals surface area contributed by atoms with Crippen molar-refractivity contribution in [3.63, 3.8) is 0 Å². The van der Waals surface area contributed by atoms with Crippen LogP contribution in [0.5, 0.6) is 0 Å². The minimum Gasteiger partial charge on any atom is -0.456 e. The minimum atomic E-state index is -3.40. The van der Waals surface area contributed by atoms with Crippen LogP contribution in [0, 0.1) is 5.82 Å². The fourth-order valence-corrected chi connectivity index (χ4v) is 2.20. The Hall–Kier alpha value is -1.08. The zero-order chi connectivity index (χ0) is 14.0. The summed E-state index contributed by atoms with van der Waals surface area (Å²) in [6, 6.07) is 4.22. The molecule has 0 radical (unpaired) electrons. The van der Waals surface area contributed by atoms with Crippen LogP contribution in [-0.2, 0) is 16.1 Å². The molecule has 1 heterocycles. The van der Waals surface area contributed by atoms with Gasteiger partial charge in [-0.3, -0.25) is 0 Å². The van der Waals surface area contributed by atoms with Crippen LogP contribution in [0.25, 0.3) is 0 Å². The summed E-state index contributed by atoms with van der Waals surface area (Å²) in [5, 5.41) is 2.86. The molecule has 3 nitrogen and oxygen atoms in total. The van der Waals surface area contributed by atoms with E-state index in [0.29, 0.717) is 5.56 Å². The van der Waals surface area contributed by atoms with Crippen molar-refractivity contribution in [3.8, 4) is 0 Å². The van der Waals surface area contributed by atoms with Gasteiger partial charge >= 0.3 is 11.9 Å². The lowest BCUT2D eigenvalue weighted by Crippen LogP contribution is -2.27. The van der Waals surface area contributed by atoms with E-state index in [4.69, 9.17) is 0 Å². The Balaban J connectivity index is 1.85. The Morgan fingerprint density at radius 1 is 1.47 bits per heavy atom. The largest absolute Gasteiger partial charge is 0.456 e. The van der Waals surface area contributed by atoms with Gasteiger partial charge < -0.3 is 10.1 Å². The van der Waals surface area contributed by atoms with Gasteiger partial charge in [0.25, 0.3) is 0 Å².